The molecule has 0 radical (unpaired) electrons. The molecule has 1 nitrogen and oxygen atoms in total. The highest BCUT2D eigenvalue weighted by atomic mass is 79.9. The molecule has 0 amide bonds. The van der Waals surface area contributed by atoms with Crippen LogP contribution in [0.15, 0.2) is 6.07 Å². The van der Waals surface area contributed by atoms with Crippen molar-refractivity contribution in [3.8, 4) is 0 Å². The lowest BCUT2D eigenvalue weighted by Gasteiger charge is -2.07. The predicted molar refractivity (Wildman–Crippen MR) is 51.6 cm³/mol. The zero-order chi connectivity index (χ0) is 10.0. The molecule has 0 atom stereocenters. The summed E-state index contributed by atoms with van der Waals surface area (Å²) < 4.78 is 24.7. The summed E-state index contributed by atoms with van der Waals surface area (Å²) in [5.74, 6) is 0. The summed E-state index contributed by atoms with van der Waals surface area (Å²) in [5.41, 5.74) is 0.812. The van der Waals surface area contributed by atoms with Gasteiger partial charge in [0.15, 0.2) is 0 Å². The molecule has 0 saturated heterocycles. The average Bonchev–Trinajstić information content (AvgIpc) is 2.07. The van der Waals surface area contributed by atoms with Crippen LogP contribution >= 0.6 is 27.5 Å². The van der Waals surface area contributed by atoms with Crippen molar-refractivity contribution >= 4 is 27.5 Å². The smallest absolute Gasteiger partial charge is 0.255 e. The maximum atomic E-state index is 12.3. The molecule has 0 bridgehead atoms. The van der Waals surface area contributed by atoms with Gasteiger partial charge in [0.2, 0.25) is 0 Å². The van der Waals surface area contributed by atoms with Gasteiger partial charge in [0.05, 0.1) is 10.7 Å². The molecule has 0 N–H and O–H groups in total. The largest absolute Gasteiger partial charge is 0.265 e. The average molecular weight is 271 g/mol. The van der Waals surface area contributed by atoms with E-state index in [1.807, 2.05) is 0 Å². The number of alkyl halides is 3. The number of hydrogen-bond acceptors (Lipinski definition) is 1. The van der Waals surface area contributed by atoms with Gasteiger partial charge in [-0.3, -0.25) is 4.98 Å². The Bertz CT molecular complexity index is 317. The third-order valence-electron chi connectivity index (χ3n) is 1.64. The molecule has 0 spiro atoms. The molecule has 1 aromatic rings. The van der Waals surface area contributed by atoms with Crippen molar-refractivity contribution in [3.63, 3.8) is 0 Å². The van der Waals surface area contributed by atoms with E-state index in [2.05, 4.69) is 20.9 Å². The van der Waals surface area contributed by atoms with Crippen molar-refractivity contribution in [1.29, 1.82) is 0 Å². The second kappa shape index (κ2) is 4.33. The Morgan fingerprint density at radius 3 is 2.69 bits per heavy atom. The standard InChI is InChI=1S/C8H7BrClF2N/c1-4-5(8(11)12)2-6(10)7(3-9)13-4/h2,8H,3H2,1H3. The van der Waals surface area contributed by atoms with E-state index >= 15 is 0 Å². The minimum Gasteiger partial charge on any atom is -0.255 e. The van der Waals surface area contributed by atoms with E-state index in [1.165, 1.54) is 6.07 Å². The number of pyridine rings is 1. The van der Waals surface area contributed by atoms with Gasteiger partial charge in [0.25, 0.3) is 6.43 Å². The van der Waals surface area contributed by atoms with Crippen LogP contribution in [0.25, 0.3) is 0 Å². The van der Waals surface area contributed by atoms with Gasteiger partial charge in [-0.25, -0.2) is 8.78 Å². The maximum absolute atomic E-state index is 12.3. The summed E-state index contributed by atoms with van der Waals surface area (Å²) in [6.45, 7) is 1.55. The van der Waals surface area contributed by atoms with Gasteiger partial charge < -0.3 is 0 Å². The fraction of sp³-hybridized carbons (Fsp3) is 0.375. The molecule has 1 rings (SSSR count). The summed E-state index contributed by atoms with van der Waals surface area (Å²) in [6.07, 6.45) is -2.52. The summed E-state index contributed by atoms with van der Waals surface area (Å²) >= 11 is 8.89. The molecular formula is C8H7BrClF2N. The van der Waals surface area contributed by atoms with Gasteiger partial charge in [-0.2, -0.15) is 0 Å². The van der Waals surface area contributed by atoms with E-state index in [-0.39, 0.29) is 10.6 Å². The van der Waals surface area contributed by atoms with Crippen LogP contribution in [0.3, 0.4) is 0 Å². The van der Waals surface area contributed by atoms with E-state index in [0.717, 1.165) is 0 Å². The molecule has 13 heavy (non-hydrogen) atoms. The van der Waals surface area contributed by atoms with Crippen LogP contribution in [-0.2, 0) is 5.33 Å². The lowest BCUT2D eigenvalue weighted by atomic mass is 10.2. The molecule has 1 aromatic heterocycles. The number of aromatic nitrogens is 1. The molecule has 0 aliphatic carbocycles. The van der Waals surface area contributed by atoms with E-state index in [4.69, 9.17) is 11.6 Å². The molecule has 0 aromatic carbocycles. The Balaban J connectivity index is 3.20. The molecule has 0 aliphatic heterocycles. The van der Waals surface area contributed by atoms with Crippen LogP contribution in [0.5, 0.6) is 0 Å². The van der Waals surface area contributed by atoms with Crippen LogP contribution < -0.4 is 0 Å². The topological polar surface area (TPSA) is 12.9 Å². The first-order valence-corrected chi connectivity index (χ1v) is 5.06. The molecular weight excluding hydrogens is 263 g/mol. The van der Waals surface area contributed by atoms with Gasteiger partial charge in [-0.1, -0.05) is 27.5 Å². The number of hydrogen-bond donors (Lipinski definition) is 0. The Morgan fingerprint density at radius 1 is 1.62 bits per heavy atom. The number of nitrogens with zero attached hydrogens (tertiary/aromatic N) is 1. The molecule has 0 saturated carbocycles. The number of rotatable bonds is 2. The SMILES string of the molecule is Cc1nc(CBr)c(Cl)cc1C(F)F. The first kappa shape index (κ1) is 10.9. The Morgan fingerprint density at radius 2 is 2.23 bits per heavy atom. The molecule has 5 heteroatoms. The van der Waals surface area contributed by atoms with Crippen LogP contribution in [-0.4, -0.2) is 4.98 Å². The summed E-state index contributed by atoms with van der Waals surface area (Å²) in [7, 11) is 0. The zero-order valence-electron chi connectivity index (χ0n) is 6.82. The quantitative estimate of drug-likeness (QED) is 0.743. The van der Waals surface area contributed by atoms with Crippen molar-refractivity contribution < 1.29 is 8.78 Å². The second-order valence-corrected chi connectivity index (χ2v) is 3.49. The van der Waals surface area contributed by atoms with Crippen molar-refractivity contribution in [2.75, 3.05) is 0 Å². The van der Waals surface area contributed by atoms with Crippen LogP contribution in [0.4, 0.5) is 8.78 Å². The third-order valence-corrected chi connectivity index (χ3v) is 2.50. The van der Waals surface area contributed by atoms with Crippen molar-refractivity contribution in [1.82, 2.24) is 4.98 Å². The Hall–Kier alpha value is -0.220. The maximum Gasteiger partial charge on any atom is 0.265 e. The number of aryl methyl sites for hydroxylation is 1. The van der Waals surface area contributed by atoms with Crippen molar-refractivity contribution in [2.45, 2.75) is 18.7 Å². The van der Waals surface area contributed by atoms with Gasteiger partial charge in [0, 0.05) is 16.6 Å². The normalized spacial score (nSPS) is 10.9. The molecule has 1 heterocycles. The summed E-state index contributed by atoms with van der Waals surface area (Å²) in [6, 6.07) is 1.27. The zero-order valence-corrected chi connectivity index (χ0v) is 9.16. The highest BCUT2D eigenvalue weighted by Gasteiger charge is 2.14. The predicted octanol–water partition coefficient (Wildman–Crippen LogP) is 3.88. The lowest BCUT2D eigenvalue weighted by Crippen LogP contribution is -1.97. The molecule has 72 valence electrons. The van der Waals surface area contributed by atoms with Crippen molar-refractivity contribution in [3.05, 3.63) is 28.0 Å². The second-order valence-electron chi connectivity index (χ2n) is 2.53. The Kier molecular flexibility index (Phi) is 3.62. The van der Waals surface area contributed by atoms with Crippen LogP contribution in [0.1, 0.15) is 23.4 Å². The molecule has 0 unspecified atom stereocenters. The fourth-order valence-electron chi connectivity index (χ4n) is 0.959. The molecule has 0 aliphatic rings. The third kappa shape index (κ3) is 2.38. The first-order chi connectivity index (χ1) is 6.06. The van der Waals surface area contributed by atoms with Crippen LogP contribution in [0, 0.1) is 6.92 Å². The molecule has 0 fully saturated rings. The lowest BCUT2D eigenvalue weighted by molar-refractivity contribution is 0.150. The van der Waals surface area contributed by atoms with Gasteiger partial charge in [-0.15, -0.1) is 0 Å². The first-order valence-electron chi connectivity index (χ1n) is 3.56. The van der Waals surface area contributed by atoms with E-state index in [1.54, 1.807) is 6.92 Å². The van der Waals surface area contributed by atoms with Gasteiger partial charge in [0.1, 0.15) is 0 Å². The van der Waals surface area contributed by atoms with E-state index in [9.17, 15) is 8.78 Å². The van der Waals surface area contributed by atoms with Crippen LogP contribution in [0.2, 0.25) is 5.02 Å². The van der Waals surface area contributed by atoms with E-state index < -0.39 is 6.43 Å². The van der Waals surface area contributed by atoms with Gasteiger partial charge in [-0.05, 0) is 13.0 Å². The highest BCUT2D eigenvalue weighted by Crippen LogP contribution is 2.27. The number of halogens is 4. The van der Waals surface area contributed by atoms with Crippen molar-refractivity contribution in [2.24, 2.45) is 0 Å². The summed E-state index contributed by atoms with van der Waals surface area (Å²) in [5, 5.41) is 0.744. The minimum absolute atomic E-state index is 0.102. The fourth-order valence-corrected chi connectivity index (χ4v) is 1.77. The summed E-state index contributed by atoms with van der Waals surface area (Å²) in [4.78, 5) is 3.95. The van der Waals surface area contributed by atoms with Gasteiger partial charge >= 0.3 is 0 Å². The Labute approximate surface area is 88.2 Å². The minimum atomic E-state index is -2.52. The monoisotopic (exact) mass is 269 g/mol. The highest BCUT2D eigenvalue weighted by molar-refractivity contribution is 9.08. The van der Waals surface area contributed by atoms with E-state index in [0.29, 0.717) is 16.7 Å².